The quantitative estimate of drug-likeness (QED) is 0.458. The van der Waals surface area contributed by atoms with Crippen LogP contribution < -0.4 is 5.56 Å². The van der Waals surface area contributed by atoms with Gasteiger partial charge in [0.25, 0.3) is 5.56 Å². The van der Waals surface area contributed by atoms with Gasteiger partial charge in [0.15, 0.2) is 11.2 Å². The maximum Gasteiger partial charge on any atom is 0.285 e. The van der Waals surface area contributed by atoms with Gasteiger partial charge in [0, 0.05) is 16.9 Å². The largest absolute Gasteiger partial charge is 0.285 e. The molecular weight excluding hydrogens is 374 g/mol. The lowest BCUT2D eigenvalue weighted by Gasteiger charge is -2.07. The molecular formula is C21H14ClN5O. The maximum absolute atomic E-state index is 13.0. The average Bonchev–Trinajstić information content (AvgIpc) is 3.06. The normalized spacial score (nSPS) is 11.4. The molecule has 3 heterocycles. The number of aryl methyl sites for hydroxylation is 1. The topological polar surface area (TPSA) is 65.1 Å². The van der Waals surface area contributed by atoms with Crippen molar-refractivity contribution in [1.82, 2.24) is 24.4 Å². The van der Waals surface area contributed by atoms with Crippen molar-refractivity contribution in [2.45, 2.75) is 6.92 Å². The summed E-state index contributed by atoms with van der Waals surface area (Å²) in [6, 6.07) is 18.8. The van der Waals surface area contributed by atoms with Gasteiger partial charge in [0.05, 0.1) is 11.3 Å². The highest BCUT2D eigenvalue weighted by Gasteiger charge is 2.17. The van der Waals surface area contributed by atoms with E-state index in [0.717, 1.165) is 22.5 Å². The van der Waals surface area contributed by atoms with Gasteiger partial charge in [-0.25, -0.2) is 4.52 Å². The van der Waals surface area contributed by atoms with Crippen molar-refractivity contribution in [1.29, 1.82) is 0 Å². The van der Waals surface area contributed by atoms with E-state index in [1.165, 1.54) is 0 Å². The number of rotatable bonds is 2. The van der Waals surface area contributed by atoms with Crippen LogP contribution in [0.3, 0.4) is 0 Å². The lowest BCUT2D eigenvalue weighted by Crippen LogP contribution is -2.20. The molecule has 0 fully saturated rings. The summed E-state index contributed by atoms with van der Waals surface area (Å²) in [5.74, 6) is 0. The summed E-state index contributed by atoms with van der Waals surface area (Å²) in [7, 11) is 0. The molecule has 0 spiro atoms. The minimum absolute atomic E-state index is 0.237. The van der Waals surface area contributed by atoms with Crippen LogP contribution in [-0.4, -0.2) is 24.4 Å². The van der Waals surface area contributed by atoms with Gasteiger partial charge in [-0.05, 0) is 42.8 Å². The van der Waals surface area contributed by atoms with E-state index in [0.29, 0.717) is 16.2 Å². The van der Waals surface area contributed by atoms with Crippen LogP contribution in [0.5, 0.6) is 0 Å². The maximum atomic E-state index is 13.0. The zero-order valence-electron chi connectivity index (χ0n) is 14.9. The van der Waals surface area contributed by atoms with Crippen LogP contribution in [0.4, 0.5) is 0 Å². The highest BCUT2D eigenvalue weighted by molar-refractivity contribution is 6.30. The number of hydrogen-bond acceptors (Lipinski definition) is 4. The van der Waals surface area contributed by atoms with Crippen molar-refractivity contribution in [2.75, 3.05) is 0 Å². The molecule has 0 N–H and O–H groups in total. The number of nitrogens with zero attached hydrogens (tertiary/aromatic N) is 5. The van der Waals surface area contributed by atoms with E-state index in [-0.39, 0.29) is 11.1 Å². The smallest absolute Gasteiger partial charge is 0.282 e. The van der Waals surface area contributed by atoms with Crippen molar-refractivity contribution in [3.63, 3.8) is 0 Å². The molecule has 3 aromatic heterocycles. The van der Waals surface area contributed by atoms with E-state index in [1.807, 2.05) is 67.6 Å². The van der Waals surface area contributed by atoms with Crippen LogP contribution >= 0.6 is 11.6 Å². The molecule has 0 amide bonds. The number of halogens is 1. The average molecular weight is 388 g/mol. The Labute approximate surface area is 164 Å². The Hall–Kier alpha value is -3.51. The number of aromatic nitrogens is 5. The number of benzene rings is 2. The van der Waals surface area contributed by atoms with Crippen LogP contribution in [-0.2, 0) is 0 Å². The molecule has 0 aliphatic heterocycles. The standard InChI is InChI=1S/C21H14ClN5O/c1-13-18(14-7-9-15(22)10-8-14)20-24-23-19-17(27(20)25-13)11-12-26(21(19)28)16-5-3-2-4-6-16/h2-12H,1H3. The summed E-state index contributed by atoms with van der Waals surface area (Å²) in [6.45, 7) is 1.91. The third kappa shape index (κ3) is 2.50. The summed E-state index contributed by atoms with van der Waals surface area (Å²) in [6.07, 6.45) is 1.74. The van der Waals surface area contributed by atoms with Crippen LogP contribution in [0, 0.1) is 6.92 Å². The van der Waals surface area contributed by atoms with Gasteiger partial charge in [0.2, 0.25) is 0 Å². The summed E-state index contributed by atoms with van der Waals surface area (Å²) < 4.78 is 3.23. The minimum Gasteiger partial charge on any atom is -0.282 e. The van der Waals surface area contributed by atoms with Gasteiger partial charge in [-0.15, -0.1) is 10.2 Å². The van der Waals surface area contributed by atoms with Gasteiger partial charge in [-0.3, -0.25) is 9.36 Å². The first-order valence-corrected chi connectivity index (χ1v) is 9.10. The highest BCUT2D eigenvalue weighted by atomic mass is 35.5. The van der Waals surface area contributed by atoms with Crippen LogP contribution in [0.2, 0.25) is 5.02 Å². The highest BCUT2D eigenvalue weighted by Crippen LogP contribution is 2.29. The van der Waals surface area contributed by atoms with E-state index >= 15 is 0 Å². The second-order valence-corrected chi connectivity index (χ2v) is 6.90. The van der Waals surface area contributed by atoms with Crippen molar-refractivity contribution >= 4 is 28.3 Å². The number of para-hydroxylation sites is 1. The molecule has 5 rings (SSSR count). The van der Waals surface area contributed by atoms with E-state index in [2.05, 4.69) is 15.3 Å². The second kappa shape index (κ2) is 6.28. The predicted octanol–water partition coefficient (Wildman–Crippen LogP) is 4.06. The lowest BCUT2D eigenvalue weighted by atomic mass is 10.1. The molecule has 0 unspecified atom stereocenters. The van der Waals surface area contributed by atoms with Gasteiger partial charge < -0.3 is 0 Å². The Morgan fingerprint density at radius 1 is 0.929 bits per heavy atom. The molecule has 7 heteroatoms. The summed E-state index contributed by atoms with van der Waals surface area (Å²) in [5, 5.41) is 13.9. The SMILES string of the molecule is Cc1nn2c(nnc3c(=O)n(-c4ccccc4)ccc32)c1-c1ccc(Cl)cc1. The molecule has 2 aromatic carbocycles. The van der Waals surface area contributed by atoms with Crippen LogP contribution in [0.15, 0.2) is 71.7 Å². The minimum atomic E-state index is -0.237. The van der Waals surface area contributed by atoms with Gasteiger partial charge in [-0.2, -0.15) is 5.10 Å². The number of hydrogen-bond donors (Lipinski definition) is 0. The van der Waals surface area contributed by atoms with Crippen molar-refractivity contribution in [2.24, 2.45) is 0 Å². The fourth-order valence-corrected chi connectivity index (χ4v) is 3.53. The first kappa shape index (κ1) is 16.6. The molecule has 0 saturated heterocycles. The second-order valence-electron chi connectivity index (χ2n) is 6.46. The summed E-state index contributed by atoms with van der Waals surface area (Å²) in [5.41, 5.74) is 4.64. The number of pyridine rings is 1. The molecule has 0 bridgehead atoms. The van der Waals surface area contributed by atoms with Gasteiger partial charge >= 0.3 is 0 Å². The first-order chi connectivity index (χ1) is 13.6. The Balaban J connectivity index is 1.78. The van der Waals surface area contributed by atoms with Crippen molar-refractivity contribution in [3.05, 3.63) is 87.9 Å². The molecule has 28 heavy (non-hydrogen) atoms. The Kier molecular flexibility index (Phi) is 3.74. The molecule has 0 saturated carbocycles. The molecule has 5 aromatic rings. The molecule has 0 atom stereocenters. The Morgan fingerprint density at radius 2 is 1.68 bits per heavy atom. The van der Waals surface area contributed by atoms with Crippen molar-refractivity contribution < 1.29 is 0 Å². The summed E-state index contributed by atoms with van der Waals surface area (Å²) >= 11 is 6.01. The van der Waals surface area contributed by atoms with Crippen LogP contribution in [0.1, 0.15) is 5.69 Å². The van der Waals surface area contributed by atoms with E-state index in [4.69, 9.17) is 11.6 Å². The first-order valence-electron chi connectivity index (χ1n) is 8.72. The monoisotopic (exact) mass is 387 g/mol. The van der Waals surface area contributed by atoms with Gasteiger partial charge in [-0.1, -0.05) is 41.9 Å². The molecule has 6 nitrogen and oxygen atoms in total. The molecule has 0 aliphatic rings. The molecule has 0 aliphatic carbocycles. The van der Waals surface area contributed by atoms with Gasteiger partial charge in [0.1, 0.15) is 5.52 Å². The van der Waals surface area contributed by atoms with E-state index in [1.54, 1.807) is 15.3 Å². The van der Waals surface area contributed by atoms with E-state index in [9.17, 15) is 4.79 Å². The Bertz CT molecular complexity index is 1390. The zero-order valence-corrected chi connectivity index (χ0v) is 15.6. The summed E-state index contributed by atoms with van der Waals surface area (Å²) in [4.78, 5) is 13.0. The fourth-order valence-electron chi connectivity index (χ4n) is 3.40. The van der Waals surface area contributed by atoms with E-state index < -0.39 is 0 Å². The fraction of sp³-hybridized carbons (Fsp3) is 0.0476. The molecule has 136 valence electrons. The third-order valence-corrected chi connectivity index (χ3v) is 4.97. The lowest BCUT2D eigenvalue weighted by molar-refractivity contribution is 0.905. The number of fused-ring (bicyclic) bond motifs is 3. The Morgan fingerprint density at radius 3 is 2.43 bits per heavy atom. The third-order valence-electron chi connectivity index (χ3n) is 4.72. The predicted molar refractivity (Wildman–Crippen MR) is 109 cm³/mol. The van der Waals surface area contributed by atoms with Crippen molar-refractivity contribution in [3.8, 4) is 16.8 Å². The zero-order chi connectivity index (χ0) is 19.3. The molecule has 0 radical (unpaired) electrons. The van der Waals surface area contributed by atoms with Crippen LogP contribution in [0.25, 0.3) is 33.5 Å².